The summed E-state index contributed by atoms with van der Waals surface area (Å²) in [5, 5.41) is 0. The van der Waals surface area contributed by atoms with Gasteiger partial charge in [-0.25, -0.2) is 0 Å². The van der Waals surface area contributed by atoms with Crippen molar-refractivity contribution in [1.29, 1.82) is 0 Å². The van der Waals surface area contributed by atoms with Crippen LogP contribution in [0.15, 0.2) is 54.9 Å². The number of methoxy groups -OCH3 is 3. The van der Waals surface area contributed by atoms with Crippen LogP contribution < -0.4 is 24.7 Å². The Hall–Kier alpha value is -3.78. The van der Waals surface area contributed by atoms with Crippen LogP contribution in [0.5, 0.6) is 28.7 Å². The van der Waals surface area contributed by atoms with Crippen molar-refractivity contribution < 1.29 is 23.7 Å². The molecule has 0 radical (unpaired) electrons. The molecule has 180 valence electrons. The van der Waals surface area contributed by atoms with E-state index in [4.69, 9.17) is 24.7 Å². The van der Waals surface area contributed by atoms with Gasteiger partial charge in [-0.2, -0.15) is 0 Å². The van der Waals surface area contributed by atoms with E-state index in [9.17, 15) is 4.79 Å². The minimum atomic E-state index is -0.266. The zero-order valence-electron chi connectivity index (χ0n) is 20.2. The van der Waals surface area contributed by atoms with Gasteiger partial charge in [0.1, 0.15) is 5.75 Å². The van der Waals surface area contributed by atoms with E-state index in [-0.39, 0.29) is 29.0 Å². The molecule has 1 unspecified atom stereocenters. The lowest BCUT2D eigenvalue weighted by Crippen LogP contribution is -2.30. The SMILES string of the molecule is COc1c(Oc2ccc(CCN)cc2)cc(C(=O)N(C)C(C)c2cccnc2)c(OC)c1OC. The summed E-state index contributed by atoms with van der Waals surface area (Å²) in [7, 11) is 6.21. The summed E-state index contributed by atoms with van der Waals surface area (Å²) in [6, 6.07) is 12.7. The van der Waals surface area contributed by atoms with Gasteiger partial charge in [0.15, 0.2) is 11.5 Å². The second-order valence-corrected chi connectivity index (χ2v) is 7.69. The number of carbonyl (C=O) groups is 1. The Morgan fingerprint density at radius 2 is 1.71 bits per heavy atom. The number of aromatic nitrogens is 1. The molecule has 0 bridgehead atoms. The van der Waals surface area contributed by atoms with E-state index in [0.717, 1.165) is 17.5 Å². The van der Waals surface area contributed by atoms with Crippen molar-refractivity contribution in [3.8, 4) is 28.7 Å². The second kappa shape index (κ2) is 11.4. The van der Waals surface area contributed by atoms with Crippen LogP contribution in [0.1, 0.15) is 34.5 Å². The average Bonchev–Trinajstić information content (AvgIpc) is 2.88. The predicted octanol–water partition coefficient (Wildman–Crippen LogP) is 4.23. The lowest BCUT2D eigenvalue weighted by Gasteiger charge is -2.27. The first-order valence-corrected chi connectivity index (χ1v) is 10.9. The molecule has 0 fully saturated rings. The quantitative estimate of drug-likeness (QED) is 0.478. The van der Waals surface area contributed by atoms with Crippen molar-refractivity contribution >= 4 is 5.91 Å². The molecule has 2 N–H and O–H groups in total. The molecular weight excluding hydrogens is 434 g/mol. The number of benzene rings is 2. The molecule has 0 aliphatic rings. The first kappa shape index (κ1) is 24.9. The molecule has 3 aromatic rings. The molecule has 0 spiro atoms. The van der Waals surface area contributed by atoms with Crippen LogP contribution in [0.25, 0.3) is 0 Å². The van der Waals surface area contributed by atoms with E-state index in [2.05, 4.69) is 4.98 Å². The molecule has 8 nitrogen and oxygen atoms in total. The average molecular weight is 466 g/mol. The Morgan fingerprint density at radius 3 is 2.26 bits per heavy atom. The largest absolute Gasteiger partial charge is 0.492 e. The van der Waals surface area contributed by atoms with Gasteiger partial charge >= 0.3 is 0 Å². The highest BCUT2D eigenvalue weighted by Gasteiger charge is 2.29. The third-order valence-electron chi connectivity index (χ3n) is 5.65. The van der Waals surface area contributed by atoms with Crippen LogP contribution in [-0.2, 0) is 6.42 Å². The van der Waals surface area contributed by atoms with Crippen molar-refractivity contribution in [2.45, 2.75) is 19.4 Å². The minimum absolute atomic E-state index is 0.224. The number of hydrogen-bond donors (Lipinski definition) is 1. The number of amides is 1. The first-order valence-electron chi connectivity index (χ1n) is 10.9. The first-order chi connectivity index (χ1) is 16.4. The number of pyridine rings is 1. The summed E-state index contributed by atoms with van der Waals surface area (Å²) in [4.78, 5) is 19.4. The number of nitrogens with zero attached hydrogens (tertiary/aromatic N) is 2. The zero-order chi connectivity index (χ0) is 24.7. The fourth-order valence-corrected chi connectivity index (χ4v) is 3.65. The molecule has 1 amide bonds. The van der Waals surface area contributed by atoms with Crippen molar-refractivity contribution in [2.75, 3.05) is 34.9 Å². The Bertz CT molecular complexity index is 1100. The fourth-order valence-electron chi connectivity index (χ4n) is 3.65. The molecule has 1 heterocycles. The van der Waals surface area contributed by atoms with Gasteiger partial charge in [0, 0.05) is 25.5 Å². The minimum Gasteiger partial charge on any atom is -0.492 e. The molecule has 3 rings (SSSR count). The number of hydrogen-bond acceptors (Lipinski definition) is 7. The highest BCUT2D eigenvalue weighted by molar-refractivity contribution is 5.99. The van der Waals surface area contributed by atoms with E-state index in [0.29, 0.717) is 23.8 Å². The highest BCUT2D eigenvalue weighted by Crippen LogP contribution is 2.48. The monoisotopic (exact) mass is 465 g/mol. The van der Waals surface area contributed by atoms with Crippen LogP contribution in [0.4, 0.5) is 0 Å². The lowest BCUT2D eigenvalue weighted by atomic mass is 10.1. The van der Waals surface area contributed by atoms with Gasteiger partial charge in [-0.1, -0.05) is 18.2 Å². The summed E-state index contributed by atoms with van der Waals surface area (Å²) in [6.07, 6.45) is 4.21. The van der Waals surface area contributed by atoms with Gasteiger partial charge in [0.25, 0.3) is 5.91 Å². The molecule has 0 aliphatic heterocycles. The van der Waals surface area contributed by atoms with E-state index in [1.807, 2.05) is 43.3 Å². The maximum atomic E-state index is 13.6. The summed E-state index contributed by atoms with van der Waals surface area (Å²) >= 11 is 0. The lowest BCUT2D eigenvalue weighted by molar-refractivity contribution is 0.0737. The van der Waals surface area contributed by atoms with Crippen LogP contribution >= 0.6 is 0 Å². The highest BCUT2D eigenvalue weighted by atomic mass is 16.5. The van der Waals surface area contributed by atoms with E-state index < -0.39 is 0 Å². The summed E-state index contributed by atoms with van der Waals surface area (Å²) in [6.45, 7) is 2.50. The van der Waals surface area contributed by atoms with E-state index >= 15 is 0 Å². The molecule has 2 aromatic carbocycles. The number of nitrogens with two attached hydrogens (primary N) is 1. The number of ether oxygens (including phenoxy) is 4. The molecule has 1 aromatic heterocycles. The Labute approximate surface area is 200 Å². The molecule has 0 aliphatic carbocycles. The van der Waals surface area contributed by atoms with Crippen molar-refractivity contribution in [3.05, 3.63) is 71.5 Å². The summed E-state index contributed by atoms with van der Waals surface area (Å²) in [5.41, 5.74) is 7.94. The van der Waals surface area contributed by atoms with E-state index in [1.165, 1.54) is 21.3 Å². The second-order valence-electron chi connectivity index (χ2n) is 7.69. The molecule has 1 atom stereocenters. The van der Waals surface area contributed by atoms with Crippen LogP contribution in [0, 0.1) is 0 Å². The third-order valence-corrected chi connectivity index (χ3v) is 5.65. The predicted molar refractivity (Wildman–Crippen MR) is 130 cm³/mol. The van der Waals surface area contributed by atoms with Gasteiger partial charge in [-0.05, 0) is 49.2 Å². The maximum Gasteiger partial charge on any atom is 0.258 e. The Balaban J connectivity index is 2.03. The van der Waals surface area contributed by atoms with Crippen LogP contribution in [-0.4, -0.2) is 50.7 Å². The normalized spacial score (nSPS) is 11.5. The maximum absolute atomic E-state index is 13.6. The zero-order valence-corrected chi connectivity index (χ0v) is 20.2. The van der Waals surface area contributed by atoms with Crippen molar-refractivity contribution in [2.24, 2.45) is 5.73 Å². The van der Waals surface area contributed by atoms with Crippen molar-refractivity contribution in [1.82, 2.24) is 9.88 Å². The van der Waals surface area contributed by atoms with Crippen LogP contribution in [0.3, 0.4) is 0 Å². The molecule has 0 saturated heterocycles. The smallest absolute Gasteiger partial charge is 0.258 e. The topological polar surface area (TPSA) is 96.1 Å². The van der Waals surface area contributed by atoms with Gasteiger partial charge in [0.05, 0.1) is 32.9 Å². The van der Waals surface area contributed by atoms with Gasteiger partial charge in [-0.15, -0.1) is 0 Å². The third kappa shape index (κ3) is 5.23. The van der Waals surface area contributed by atoms with Gasteiger partial charge in [-0.3, -0.25) is 9.78 Å². The molecule has 34 heavy (non-hydrogen) atoms. The van der Waals surface area contributed by atoms with Crippen molar-refractivity contribution in [3.63, 3.8) is 0 Å². The molecular formula is C26H31N3O5. The summed E-state index contributed by atoms with van der Waals surface area (Å²) in [5.74, 6) is 1.51. The van der Waals surface area contributed by atoms with Gasteiger partial charge in [0.2, 0.25) is 11.5 Å². The van der Waals surface area contributed by atoms with Gasteiger partial charge < -0.3 is 29.6 Å². The molecule has 8 heteroatoms. The van der Waals surface area contributed by atoms with E-state index in [1.54, 1.807) is 30.4 Å². The molecule has 0 saturated carbocycles. The Morgan fingerprint density at radius 1 is 1.03 bits per heavy atom. The summed E-state index contributed by atoms with van der Waals surface area (Å²) < 4.78 is 22.9. The number of carbonyl (C=O) groups excluding carboxylic acids is 1. The Kier molecular flexibility index (Phi) is 8.32. The number of rotatable bonds is 10. The fraction of sp³-hybridized carbons (Fsp3) is 0.308. The van der Waals surface area contributed by atoms with Crippen LogP contribution in [0.2, 0.25) is 0 Å². The standard InChI is InChI=1S/C26H31N3O5/c1-17(19-7-6-14-28-16-19)29(2)26(30)21-15-22(24(32-4)25(33-5)23(21)31-3)34-20-10-8-18(9-11-20)12-13-27/h6-11,14-17H,12-13,27H2,1-5H3.